The van der Waals surface area contributed by atoms with Crippen LogP contribution in [0.3, 0.4) is 0 Å². The lowest BCUT2D eigenvalue weighted by molar-refractivity contribution is 0.0505. The number of esters is 1. The molecule has 5 nitrogen and oxygen atoms in total. The molecule has 1 aromatic rings. The summed E-state index contributed by atoms with van der Waals surface area (Å²) in [6.07, 6.45) is 5.26. The summed E-state index contributed by atoms with van der Waals surface area (Å²) in [4.78, 5) is 23.5. The molecule has 0 atom stereocenters. The Morgan fingerprint density at radius 1 is 1.19 bits per heavy atom. The summed E-state index contributed by atoms with van der Waals surface area (Å²) in [6.45, 7) is 2.37. The lowest BCUT2D eigenvalue weighted by Crippen LogP contribution is -2.36. The van der Waals surface area contributed by atoms with Crippen LogP contribution in [0.1, 0.15) is 49.4 Å². The number of carbonyl (C=O) groups excluding carboxylic acids is 2. The lowest BCUT2D eigenvalue weighted by Gasteiger charge is -2.13. The average molecular weight is 290 g/mol. The molecule has 1 saturated carbocycles. The first kappa shape index (κ1) is 15.4. The van der Waals surface area contributed by atoms with Crippen LogP contribution in [0.2, 0.25) is 0 Å². The number of benzene rings is 1. The highest BCUT2D eigenvalue weighted by molar-refractivity contribution is 5.92. The molecule has 5 heteroatoms. The van der Waals surface area contributed by atoms with E-state index in [1.807, 2.05) is 6.92 Å². The van der Waals surface area contributed by atoms with Gasteiger partial charge in [-0.05, 0) is 43.5 Å². The van der Waals surface area contributed by atoms with Crippen LogP contribution < -0.4 is 10.6 Å². The Labute approximate surface area is 125 Å². The zero-order chi connectivity index (χ0) is 15.1. The van der Waals surface area contributed by atoms with Crippen molar-refractivity contribution >= 4 is 17.7 Å². The first-order chi connectivity index (χ1) is 10.2. The summed E-state index contributed by atoms with van der Waals surface area (Å²) in [5, 5.41) is 5.73. The van der Waals surface area contributed by atoms with E-state index >= 15 is 0 Å². The summed E-state index contributed by atoms with van der Waals surface area (Å²) in [7, 11) is 0. The molecule has 0 saturated heterocycles. The van der Waals surface area contributed by atoms with Gasteiger partial charge in [-0.25, -0.2) is 9.59 Å². The minimum atomic E-state index is -0.334. The molecule has 0 spiro atoms. The largest absolute Gasteiger partial charge is 0.462 e. The van der Waals surface area contributed by atoms with Gasteiger partial charge in [-0.15, -0.1) is 0 Å². The lowest BCUT2D eigenvalue weighted by atomic mass is 10.2. The summed E-state index contributed by atoms with van der Waals surface area (Å²) in [6, 6.07) is 6.82. The van der Waals surface area contributed by atoms with Gasteiger partial charge in [0.1, 0.15) is 0 Å². The number of amides is 2. The standard InChI is InChI=1S/C16H22N2O3/c1-2-11-21-15(19)12-7-9-14(10-8-12)18-16(20)17-13-5-3-4-6-13/h7-10,13H,2-6,11H2,1H3,(H2,17,18,20). The molecular weight excluding hydrogens is 268 g/mol. The van der Waals surface area contributed by atoms with Crippen molar-refractivity contribution in [3.05, 3.63) is 29.8 Å². The van der Waals surface area contributed by atoms with Crippen molar-refractivity contribution in [2.24, 2.45) is 0 Å². The molecule has 0 radical (unpaired) electrons. The van der Waals surface area contributed by atoms with Gasteiger partial charge in [0.05, 0.1) is 12.2 Å². The molecule has 2 N–H and O–H groups in total. The molecule has 2 rings (SSSR count). The highest BCUT2D eigenvalue weighted by atomic mass is 16.5. The van der Waals surface area contributed by atoms with Crippen LogP contribution in [-0.4, -0.2) is 24.6 Å². The van der Waals surface area contributed by atoms with E-state index in [1.165, 1.54) is 12.8 Å². The van der Waals surface area contributed by atoms with Crippen LogP contribution in [0, 0.1) is 0 Å². The molecule has 0 bridgehead atoms. The second-order valence-corrected chi connectivity index (χ2v) is 5.29. The van der Waals surface area contributed by atoms with Gasteiger partial charge in [-0.1, -0.05) is 19.8 Å². The highest BCUT2D eigenvalue weighted by Crippen LogP contribution is 2.18. The van der Waals surface area contributed by atoms with Gasteiger partial charge in [0.25, 0.3) is 0 Å². The third kappa shape index (κ3) is 4.77. The fourth-order valence-electron chi connectivity index (χ4n) is 2.39. The van der Waals surface area contributed by atoms with Crippen LogP contribution in [0.5, 0.6) is 0 Å². The second kappa shape index (κ2) is 7.67. The smallest absolute Gasteiger partial charge is 0.338 e. The number of ether oxygens (including phenoxy) is 1. The average Bonchev–Trinajstić information content (AvgIpc) is 2.98. The zero-order valence-corrected chi connectivity index (χ0v) is 12.4. The third-order valence-electron chi connectivity index (χ3n) is 3.51. The Morgan fingerprint density at radius 3 is 2.48 bits per heavy atom. The SMILES string of the molecule is CCCOC(=O)c1ccc(NC(=O)NC2CCCC2)cc1. The Morgan fingerprint density at radius 2 is 1.86 bits per heavy atom. The van der Waals surface area contributed by atoms with Crippen LogP contribution in [0.15, 0.2) is 24.3 Å². The predicted molar refractivity (Wildman–Crippen MR) is 81.4 cm³/mol. The van der Waals surface area contributed by atoms with Crippen molar-refractivity contribution in [2.45, 2.75) is 45.1 Å². The monoisotopic (exact) mass is 290 g/mol. The van der Waals surface area contributed by atoms with Gasteiger partial charge in [-0.3, -0.25) is 0 Å². The fourth-order valence-corrected chi connectivity index (χ4v) is 2.39. The summed E-state index contributed by atoms with van der Waals surface area (Å²) >= 11 is 0. The molecule has 114 valence electrons. The molecule has 0 unspecified atom stereocenters. The van der Waals surface area contributed by atoms with Gasteiger partial charge in [0.2, 0.25) is 0 Å². The Kier molecular flexibility index (Phi) is 5.60. The molecule has 1 aliphatic carbocycles. The topological polar surface area (TPSA) is 67.4 Å². The first-order valence-corrected chi connectivity index (χ1v) is 7.53. The number of urea groups is 1. The van der Waals surface area contributed by atoms with Crippen molar-refractivity contribution in [1.82, 2.24) is 5.32 Å². The van der Waals surface area contributed by atoms with E-state index in [0.717, 1.165) is 19.3 Å². The molecular formula is C16H22N2O3. The maximum Gasteiger partial charge on any atom is 0.338 e. The minimum Gasteiger partial charge on any atom is -0.462 e. The van der Waals surface area contributed by atoms with E-state index in [-0.39, 0.29) is 18.0 Å². The van der Waals surface area contributed by atoms with E-state index in [4.69, 9.17) is 4.74 Å². The Bertz CT molecular complexity index is 479. The first-order valence-electron chi connectivity index (χ1n) is 7.53. The number of anilines is 1. The number of hydrogen-bond donors (Lipinski definition) is 2. The van der Waals surface area contributed by atoms with E-state index in [9.17, 15) is 9.59 Å². The summed E-state index contributed by atoms with van der Waals surface area (Å²) in [5.74, 6) is -0.334. The van der Waals surface area contributed by atoms with Gasteiger partial charge < -0.3 is 15.4 Å². The fraction of sp³-hybridized carbons (Fsp3) is 0.500. The number of nitrogens with one attached hydrogen (secondary N) is 2. The van der Waals surface area contributed by atoms with Gasteiger partial charge in [-0.2, -0.15) is 0 Å². The molecule has 1 aliphatic rings. The van der Waals surface area contributed by atoms with Gasteiger partial charge in [0.15, 0.2) is 0 Å². The third-order valence-corrected chi connectivity index (χ3v) is 3.51. The molecule has 21 heavy (non-hydrogen) atoms. The van der Waals surface area contributed by atoms with Crippen molar-refractivity contribution in [3.8, 4) is 0 Å². The highest BCUT2D eigenvalue weighted by Gasteiger charge is 2.17. The molecule has 1 aromatic carbocycles. The summed E-state index contributed by atoms with van der Waals surface area (Å²) < 4.78 is 5.05. The van der Waals surface area contributed by atoms with E-state index in [0.29, 0.717) is 17.9 Å². The molecule has 0 aliphatic heterocycles. The van der Waals surface area contributed by atoms with Gasteiger partial charge >= 0.3 is 12.0 Å². The van der Waals surface area contributed by atoms with Crippen molar-refractivity contribution < 1.29 is 14.3 Å². The number of rotatable bonds is 5. The van der Waals surface area contributed by atoms with Crippen molar-refractivity contribution in [2.75, 3.05) is 11.9 Å². The van der Waals surface area contributed by atoms with E-state index < -0.39 is 0 Å². The van der Waals surface area contributed by atoms with Crippen molar-refractivity contribution in [1.29, 1.82) is 0 Å². The zero-order valence-electron chi connectivity index (χ0n) is 12.4. The maximum absolute atomic E-state index is 11.8. The number of hydrogen-bond acceptors (Lipinski definition) is 3. The molecule has 1 fully saturated rings. The minimum absolute atomic E-state index is 0.191. The van der Waals surface area contributed by atoms with Gasteiger partial charge in [0, 0.05) is 11.7 Å². The van der Waals surface area contributed by atoms with E-state index in [2.05, 4.69) is 10.6 Å². The van der Waals surface area contributed by atoms with Crippen molar-refractivity contribution in [3.63, 3.8) is 0 Å². The quantitative estimate of drug-likeness (QED) is 0.817. The normalized spacial score (nSPS) is 14.7. The molecule has 2 amide bonds. The van der Waals surface area contributed by atoms with E-state index in [1.54, 1.807) is 24.3 Å². The molecule has 0 heterocycles. The Balaban J connectivity index is 1.83. The summed E-state index contributed by atoms with van der Waals surface area (Å²) in [5.41, 5.74) is 1.16. The van der Waals surface area contributed by atoms with Crippen LogP contribution >= 0.6 is 0 Å². The van der Waals surface area contributed by atoms with Crippen LogP contribution in [0.4, 0.5) is 10.5 Å². The predicted octanol–water partition coefficient (Wildman–Crippen LogP) is 3.32. The van der Waals surface area contributed by atoms with Crippen LogP contribution in [0.25, 0.3) is 0 Å². The van der Waals surface area contributed by atoms with Crippen LogP contribution in [-0.2, 0) is 4.74 Å². The Hall–Kier alpha value is -2.04. The maximum atomic E-state index is 11.8. The second-order valence-electron chi connectivity index (χ2n) is 5.29. The molecule has 0 aromatic heterocycles. The number of carbonyl (C=O) groups is 2.